The van der Waals surface area contributed by atoms with Crippen LogP contribution in [-0.4, -0.2) is 47.7 Å². The standard InChI is InChI=1S/C21H31N3O4/c1-6-16-12-17(15(2)11-18(16)24(26)27)22-9-7-21(8-10-22)13-23(14-21)19(25)28-20(3,4)5/h11-12H,6-10,13-14H2,1-5H3. The van der Waals surface area contributed by atoms with E-state index < -0.39 is 5.60 Å². The molecular formula is C21H31N3O4. The van der Waals surface area contributed by atoms with E-state index in [2.05, 4.69) is 4.90 Å². The van der Waals surface area contributed by atoms with E-state index in [9.17, 15) is 14.9 Å². The average Bonchev–Trinajstić information content (AvgIpc) is 2.58. The summed E-state index contributed by atoms with van der Waals surface area (Å²) in [6, 6.07) is 3.69. The highest BCUT2D eigenvalue weighted by atomic mass is 16.6. The Morgan fingerprint density at radius 2 is 1.86 bits per heavy atom. The Hall–Kier alpha value is -2.31. The molecule has 0 bridgehead atoms. The van der Waals surface area contributed by atoms with E-state index in [4.69, 9.17) is 4.74 Å². The van der Waals surface area contributed by atoms with Crippen molar-refractivity contribution >= 4 is 17.5 Å². The first-order valence-electron chi connectivity index (χ1n) is 10.0. The van der Waals surface area contributed by atoms with Gasteiger partial charge in [0.1, 0.15) is 5.60 Å². The Morgan fingerprint density at radius 3 is 2.36 bits per heavy atom. The van der Waals surface area contributed by atoms with Gasteiger partial charge in [0.2, 0.25) is 0 Å². The second-order valence-electron chi connectivity index (χ2n) is 9.20. The SMILES string of the molecule is CCc1cc(N2CCC3(CC2)CN(C(=O)OC(C)(C)C)C3)c(C)cc1[N+](=O)[O-]. The van der Waals surface area contributed by atoms with Gasteiger partial charge in [0, 0.05) is 48.9 Å². The Bertz CT molecular complexity index is 769. The van der Waals surface area contributed by atoms with E-state index in [0.717, 1.165) is 55.8 Å². The van der Waals surface area contributed by atoms with Crippen LogP contribution in [0.1, 0.15) is 51.7 Å². The van der Waals surface area contributed by atoms with Crippen LogP contribution >= 0.6 is 0 Å². The molecule has 0 radical (unpaired) electrons. The molecule has 2 aliphatic heterocycles. The van der Waals surface area contributed by atoms with Gasteiger partial charge in [0.25, 0.3) is 5.69 Å². The molecule has 2 heterocycles. The van der Waals surface area contributed by atoms with Gasteiger partial charge in [-0.25, -0.2) is 4.79 Å². The highest BCUT2D eigenvalue weighted by Crippen LogP contribution is 2.42. The second-order valence-corrected chi connectivity index (χ2v) is 9.20. The fourth-order valence-electron chi connectivity index (χ4n) is 4.28. The maximum absolute atomic E-state index is 12.2. The summed E-state index contributed by atoms with van der Waals surface area (Å²) in [5.41, 5.74) is 2.77. The normalized spacial score (nSPS) is 18.8. The summed E-state index contributed by atoms with van der Waals surface area (Å²) < 4.78 is 5.46. The van der Waals surface area contributed by atoms with Crippen LogP contribution in [-0.2, 0) is 11.2 Å². The van der Waals surface area contributed by atoms with Gasteiger partial charge in [-0.15, -0.1) is 0 Å². The van der Waals surface area contributed by atoms with Crippen LogP contribution in [0.3, 0.4) is 0 Å². The third-order valence-corrected chi connectivity index (χ3v) is 5.84. The summed E-state index contributed by atoms with van der Waals surface area (Å²) in [4.78, 5) is 27.3. The number of nitro benzene ring substituents is 1. The van der Waals surface area contributed by atoms with Gasteiger partial charge in [-0.1, -0.05) is 6.92 Å². The minimum atomic E-state index is -0.465. The monoisotopic (exact) mass is 389 g/mol. The molecule has 7 nitrogen and oxygen atoms in total. The number of nitro groups is 1. The van der Waals surface area contributed by atoms with Gasteiger partial charge in [-0.3, -0.25) is 10.1 Å². The van der Waals surface area contributed by atoms with Gasteiger partial charge < -0.3 is 14.5 Å². The fraction of sp³-hybridized carbons (Fsp3) is 0.667. The van der Waals surface area contributed by atoms with Crippen LogP contribution < -0.4 is 4.90 Å². The second kappa shape index (κ2) is 7.26. The zero-order valence-corrected chi connectivity index (χ0v) is 17.6. The van der Waals surface area contributed by atoms with Gasteiger partial charge >= 0.3 is 6.09 Å². The Morgan fingerprint density at radius 1 is 1.25 bits per heavy atom. The maximum atomic E-state index is 12.2. The first-order chi connectivity index (χ1) is 13.0. The molecule has 2 saturated heterocycles. The third-order valence-electron chi connectivity index (χ3n) is 5.84. The summed E-state index contributed by atoms with van der Waals surface area (Å²) in [5, 5.41) is 11.3. The first kappa shape index (κ1) is 20.4. The molecule has 28 heavy (non-hydrogen) atoms. The summed E-state index contributed by atoms with van der Waals surface area (Å²) in [5.74, 6) is 0. The number of carbonyl (C=O) groups is 1. The molecule has 0 unspecified atom stereocenters. The zero-order valence-electron chi connectivity index (χ0n) is 17.6. The van der Waals surface area contributed by atoms with Crippen molar-refractivity contribution in [2.75, 3.05) is 31.1 Å². The number of carbonyl (C=O) groups excluding carboxylic acids is 1. The topological polar surface area (TPSA) is 75.9 Å². The Labute approximate surface area is 166 Å². The van der Waals surface area contributed by atoms with Crippen LogP contribution in [0.15, 0.2) is 12.1 Å². The molecule has 1 amide bonds. The Kier molecular flexibility index (Phi) is 5.30. The van der Waals surface area contributed by atoms with E-state index in [1.807, 2.05) is 40.7 Å². The summed E-state index contributed by atoms with van der Waals surface area (Å²) in [7, 11) is 0. The maximum Gasteiger partial charge on any atom is 0.410 e. The van der Waals surface area contributed by atoms with E-state index >= 15 is 0 Å². The van der Waals surface area contributed by atoms with Crippen LogP contribution in [0.4, 0.5) is 16.2 Å². The molecule has 3 rings (SSSR count). The average molecular weight is 389 g/mol. The van der Waals surface area contributed by atoms with Gasteiger partial charge in [-0.2, -0.15) is 0 Å². The summed E-state index contributed by atoms with van der Waals surface area (Å²) in [6.07, 6.45) is 2.46. The number of hydrogen-bond acceptors (Lipinski definition) is 5. The first-order valence-corrected chi connectivity index (χ1v) is 10.0. The quantitative estimate of drug-likeness (QED) is 0.569. The number of rotatable bonds is 3. The molecule has 154 valence electrons. The lowest BCUT2D eigenvalue weighted by Crippen LogP contribution is -2.62. The van der Waals surface area contributed by atoms with Gasteiger partial charge in [0.15, 0.2) is 0 Å². The van der Waals surface area contributed by atoms with E-state index in [-0.39, 0.29) is 22.1 Å². The molecule has 1 aromatic rings. The minimum absolute atomic E-state index is 0.190. The number of likely N-dealkylation sites (tertiary alicyclic amines) is 1. The van der Waals surface area contributed by atoms with Crippen molar-refractivity contribution in [3.05, 3.63) is 33.4 Å². The largest absolute Gasteiger partial charge is 0.444 e. The van der Waals surface area contributed by atoms with Crippen LogP contribution in [0.2, 0.25) is 0 Å². The van der Waals surface area contributed by atoms with E-state index in [0.29, 0.717) is 6.42 Å². The van der Waals surface area contributed by atoms with E-state index in [1.54, 1.807) is 11.0 Å². The fourth-order valence-corrected chi connectivity index (χ4v) is 4.28. The van der Waals surface area contributed by atoms with Crippen molar-refractivity contribution in [2.45, 2.75) is 59.5 Å². The number of ether oxygens (including phenoxy) is 1. The molecule has 1 aromatic carbocycles. The van der Waals surface area contributed by atoms with Gasteiger partial charge in [0.05, 0.1) is 4.92 Å². The molecule has 0 saturated carbocycles. The third kappa shape index (κ3) is 4.08. The van der Waals surface area contributed by atoms with Crippen molar-refractivity contribution in [1.82, 2.24) is 4.90 Å². The van der Waals surface area contributed by atoms with Crippen LogP contribution in [0, 0.1) is 22.5 Å². The molecular weight excluding hydrogens is 358 g/mol. The number of benzene rings is 1. The number of anilines is 1. The number of amides is 1. The number of piperidine rings is 1. The molecule has 0 N–H and O–H groups in total. The summed E-state index contributed by atoms with van der Waals surface area (Å²) >= 11 is 0. The van der Waals surface area contributed by atoms with Crippen molar-refractivity contribution in [3.63, 3.8) is 0 Å². The van der Waals surface area contributed by atoms with Crippen molar-refractivity contribution in [2.24, 2.45) is 5.41 Å². The molecule has 7 heteroatoms. The molecule has 0 atom stereocenters. The summed E-state index contributed by atoms with van der Waals surface area (Å²) in [6.45, 7) is 12.9. The molecule has 2 fully saturated rings. The molecule has 0 aliphatic carbocycles. The molecule has 1 spiro atoms. The van der Waals surface area contributed by atoms with Crippen LogP contribution in [0.5, 0.6) is 0 Å². The predicted octanol–water partition coefficient (Wildman–Crippen LogP) is 4.30. The lowest BCUT2D eigenvalue weighted by Gasteiger charge is -2.54. The number of aryl methyl sites for hydroxylation is 2. The highest BCUT2D eigenvalue weighted by molar-refractivity contribution is 5.69. The number of hydrogen-bond donors (Lipinski definition) is 0. The molecule has 0 aromatic heterocycles. The predicted molar refractivity (Wildman–Crippen MR) is 109 cm³/mol. The molecule has 2 aliphatic rings. The lowest BCUT2D eigenvalue weighted by atomic mass is 9.72. The number of nitrogens with zero attached hydrogens (tertiary/aromatic N) is 3. The lowest BCUT2D eigenvalue weighted by molar-refractivity contribution is -0.385. The van der Waals surface area contributed by atoms with Crippen molar-refractivity contribution < 1.29 is 14.5 Å². The van der Waals surface area contributed by atoms with Crippen molar-refractivity contribution in [3.8, 4) is 0 Å². The highest BCUT2D eigenvalue weighted by Gasteiger charge is 2.48. The van der Waals surface area contributed by atoms with Crippen molar-refractivity contribution in [1.29, 1.82) is 0 Å². The van der Waals surface area contributed by atoms with E-state index in [1.165, 1.54) is 0 Å². The Balaban J connectivity index is 1.63. The zero-order chi connectivity index (χ0) is 20.7. The van der Waals surface area contributed by atoms with Gasteiger partial charge in [-0.05, 0) is 58.6 Å². The minimum Gasteiger partial charge on any atom is -0.444 e. The smallest absolute Gasteiger partial charge is 0.410 e. The van der Waals surface area contributed by atoms with Crippen LogP contribution in [0.25, 0.3) is 0 Å².